The van der Waals surface area contributed by atoms with Crippen molar-refractivity contribution in [1.29, 1.82) is 0 Å². The van der Waals surface area contributed by atoms with Crippen LogP contribution >= 0.6 is 0 Å². The minimum Gasteiger partial charge on any atom is -0.399 e. The van der Waals surface area contributed by atoms with Crippen molar-refractivity contribution >= 4 is 11.6 Å². The highest BCUT2D eigenvalue weighted by Crippen LogP contribution is 2.25. The molecule has 0 saturated carbocycles. The molecule has 1 heterocycles. The predicted octanol–water partition coefficient (Wildman–Crippen LogP) is 3.53. The summed E-state index contributed by atoms with van der Waals surface area (Å²) in [5.41, 5.74) is 5.03. The van der Waals surface area contributed by atoms with E-state index >= 15 is 0 Å². The second-order valence-corrected chi connectivity index (χ2v) is 6.48. The van der Waals surface area contributed by atoms with E-state index in [-0.39, 0.29) is 11.9 Å². The first kappa shape index (κ1) is 18.1. The summed E-state index contributed by atoms with van der Waals surface area (Å²) in [6.45, 7) is 3.04. The van der Waals surface area contributed by atoms with Gasteiger partial charge in [-0.15, -0.1) is 0 Å². The molecule has 1 atom stereocenters. The zero-order valence-electron chi connectivity index (χ0n) is 15.4. The van der Waals surface area contributed by atoms with Crippen molar-refractivity contribution in [2.75, 3.05) is 27.4 Å². The van der Waals surface area contributed by atoms with Gasteiger partial charge in [-0.05, 0) is 35.7 Å². The number of rotatable bonds is 5. The predicted molar refractivity (Wildman–Crippen MR) is 102 cm³/mol. The highest BCUT2D eigenvalue weighted by molar-refractivity contribution is 6.00. The van der Waals surface area contributed by atoms with Crippen molar-refractivity contribution < 1.29 is 14.4 Å². The number of oxime groups is 1. The van der Waals surface area contributed by atoms with E-state index in [1.165, 1.54) is 18.2 Å². The minimum atomic E-state index is -0.0163. The van der Waals surface area contributed by atoms with Crippen molar-refractivity contribution in [1.82, 2.24) is 4.90 Å². The molecule has 0 aliphatic carbocycles. The number of aryl methyl sites for hydroxylation is 1. The maximum atomic E-state index is 13.0. The van der Waals surface area contributed by atoms with Crippen LogP contribution in [0.25, 0.3) is 11.1 Å². The third-order valence-electron chi connectivity index (χ3n) is 4.69. The first-order chi connectivity index (χ1) is 12.6. The lowest BCUT2D eigenvalue weighted by Crippen LogP contribution is -2.38. The van der Waals surface area contributed by atoms with Gasteiger partial charge in [0.25, 0.3) is 5.91 Å². The second-order valence-electron chi connectivity index (χ2n) is 6.48. The molecular formula is C21H24N2O3. The Hall–Kier alpha value is -2.66. The molecule has 0 unspecified atom stereocenters. The lowest BCUT2D eigenvalue weighted by Gasteiger charge is -2.23. The van der Waals surface area contributed by atoms with Crippen LogP contribution in [0.4, 0.5) is 0 Å². The summed E-state index contributed by atoms with van der Waals surface area (Å²) in [6, 6.07) is 16.0. The molecule has 2 aromatic rings. The first-order valence-corrected chi connectivity index (χ1v) is 8.69. The number of benzene rings is 2. The monoisotopic (exact) mass is 352 g/mol. The van der Waals surface area contributed by atoms with Crippen LogP contribution in [0.1, 0.15) is 22.3 Å². The fourth-order valence-corrected chi connectivity index (χ4v) is 3.40. The Balaban J connectivity index is 1.81. The lowest BCUT2D eigenvalue weighted by molar-refractivity contribution is 0.0632. The zero-order chi connectivity index (χ0) is 18.5. The summed E-state index contributed by atoms with van der Waals surface area (Å²) in [7, 11) is 3.16. The highest BCUT2D eigenvalue weighted by Gasteiger charge is 2.33. The zero-order valence-corrected chi connectivity index (χ0v) is 15.4. The van der Waals surface area contributed by atoms with Crippen LogP contribution in [-0.4, -0.2) is 49.9 Å². The lowest BCUT2D eigenvalue weighted by atomic mass is 9.99. The van der Waals surface area contributed by atoms with Crippen LogP contribution in [-0.2, 0) is 9.57 Å². The fraction of sp³-hybridized carbons (Fsp3) is 0.333. The molecule has 5 heteroatoms. The van der Waals surface area contributed by atoms with E-state index in [9.17, 15) is 4.79 Å². The fourth-order valence-electron chi connectivity index (χ4n) is 3.40. The van der Waals surface area contributed by atoms with E-state index in [0.29, 0.717) is 25.1 Å². The van der Waals surface area contributed by atoms with Gasteiger partial charge in [-0.3, -0.25) is 4.79 Å². The maximum Gasteiger partial charge on any atom is 0.254 e. The van der Waals surface area contributed by atoms with E-state index in [4.69, 9.17) is 9.57 Å². The van der Waals surface area contributed by atoms with E-state index in [1.807, 2.05) is 41.3 Å². The standard InChI is InChI=1S/C21H24N2O3/c1-15-6-4-5-7-20(15)16-8-10-17(11-9-16)21(24)23-13-18(22-26-3)12-19(23)14-25-2/h4-11,19H,12-14H2,1-3H3/b22-18-/t19-/m0/s1. The number of amides is 1. The molecule has 136 valence electrons. The molecule has 0 N–H and O–H groups in total. The van der Waals surface area contributed by atoms with Gasteiger partial charge in [-0.1, -0.05) is 41.6 Å². The van der Waals surface area contributed by atoms with Gasteiger partial charge in [-0.2, -0.15) is 0 Å². The van der Waals surface area contributed by atoms with Gasteiger partial charge in [0.2, 0.25) is 0 Å². The summed E-state index contributed by atoms with van der Waals surface area (Å²) >= 11 is 0. The van der Waals surface area contributed by atoms with Crippen LogP contribution in [0.3, 0.4) is 0 Å². The number of hydrogen-bond donors (Lipinski definition) is 0. The molecule has 1 saturated heterocycles. The molecule has 0 spiro atoms. The Morgan fingerprint density at radius 2 is 1.88 bits per heavy atom. The Morgan fingerprint density at radius 1 is 1.15 bits per heavy atom. The average molecular weight is 352 g/mol. The first-order valence-electron chi connectivity index (χ1n) is 8.69. The molecule has 0 aromatic heterocycles. The van der Waals surface area contributed by atoms with Gasteiger partial charge < -0.3 is 14.5 Å². The maximum absolute atomic E-state index is 13.0. The Morgan fingerprint density at radius 3 is 2.54 bits per heavy atom. The normalized spacial score (nSPS) is 18.3. The van der Waals surface area contributed by atoms with Crippen LogP contribution < -0.4 is 0 Å². The van der Waals surface area contributed by atoms with Gasteiger partial charge in [0.05, 0.1) is 24.9 Å². The second kappa shape index (κ2) is 8.15. The molecule has 1 aliphatic rings. The third kappa shape index (κ3) is 3.78. The van der Waals surface area contributed by atoms with E-state index in [0.717, 1.165) is 11.3 Å². The Labute approximate surface area is 154 Å². The third-order valence-corrected chi connectivity index (χ3v) is 4.69. The van der Waals surface area contributed by atoms with Crippen LogP contribution in [0.2, 0.25) is 0 Å². The molecule has 1 aliphatic heterocycles. The molecule has 2 aromatic carbocycles. The summed E-state index contributed by atoms with van der Waals surface area (Å²) < 4.78 is 5.27. The number of carbonyl (C=O) groups excluding carboxylic acids is 1. The topological polar surface area (TPSA) is 51.1 Å². The van der Waals surface area contributed by atoms with E-state index in [2.05, 4.69) is 24.2 Å². The highest BCUT2D eigenvalue weighted by atomic mass is 16.6. The quantitative estimate of drug-likeness (QED) is 0.774. The Kier molecular flexibility index (Phi) is 5.68. The largest absolute Gasteiger partial charge is 0.399 e. The number of likely N-dealkylation sites (tertiary alicyclic amines) is 1. The molecule has 0 bridgehead atoms. The summed E-state index contributed by atoms with van der Waals surface area (Å²) in [6.07, 6.45) is 0.675. The molecule has 0 radical (unpaired) electrons. The summed E-state index contributed by atoms with van der Waals surface area (Å²) in [5, 5.41) is 4.01. The number of hydrogen-bond acceptors (Lipinski definition) is 4. The average Bonchev–Trinajstić information content (AvgIpc) is 3.05. The van der Waals surface area contributed by atoms with Gasteiger partial charge in [-0.25, -0.2) is 0 Å². The summed E-state index contributed by atoms with van der Waals surface area (Å²) in [5.74, 6) is -0.00955. The van der Waals surface area contributed by atoms with Gasteiger partial charge in [0.15, 0.2) is 0 Å². The van der Waals surface area contributed by atoms with Gasteiger partial charge in [0.1, 0.15) is 7.11 Å². The van der Waals surface area contributed by atoms with Gasteiger partial charge >= 0.3 is 0 Å². The number of methoxy groups -OCH3 is 1. The number of nitrogens with zero attached hydrogens (tertiary/aromatic N) is 2. The van der Waals surface area contributed by atoms with Crippen molar-refractivity contribution in [3.8, 4) is 11.1 Å². The molecule has 1 fully saturated rings. The van der Waals surface area contributed by atoms with Crippen molar-refractivity contribution in [3.05, 3.63) is 59.7 Å². The summed E-state index contributed by atoms with van der Waals surface area (Å²) in [4.78, 5) is 19.7. The van der Waals surface area contributed by atoms with Crippen LogP contribution in [0.15, 0.2) is 53.7 Å². The van der Waals surface area contributed by atoms with Gasteiger partial charge in [0, 0.05) is 19.1 Å². The molecule has 5 nitrogen and oxygen atoms in total. The molecule has 1 amide bonds. The van der Waals surface area contributed by atoms with Crippen LogP contribution in [0, 0.1) is 6.92 Å². The van der Waals surface area contributed by atoms with Crippen LogP contribution in [0.5, 0.6) is 0 Å². The number of ether oxygens (including phenoxy) is 1. The van der Waals surface area contributed by atoms with Crippen molar-refractivity contribution in [2.24, 2.45) is 5.16 Å². The smallest absolute Gasteiger partial charge is 0.254 e. The van der Waals surface area contributed by atoms with E-state index < -0.39 is 0 Å². The molecule has 3 rings (SSSR count). The minimum absolute atomic E-state index is 0.00955. The molecular weight excluding hydrogens is 328 g/mol. The molecule has 26 heavy (non-hydrogen) atoms. The number of carbonyl (C=O) groups is 1. The van der Waals surface area contributed by atoms with Crippen molar-refractivity contribution in [3.63, 3.8) is 0 Å². The SMILES string of the molecule is COC[C@@H]1C/C(=N/OC)CN1C(=O)c1ccc(-c2ccccc2C)cc1. The Bertz CT molecular complexity index is 799. The van der Waals surface area contributed by atoms with E-state index in [1.54, 1.807) is 7.11 Å². The van der Waals surface area contributed by atoms with Crippen molar-refractivity contribution in [2.45, 2.75) is 19.4 Å².